The number of fused-ring (bicyclic) bond motifs is 1. The molecule has 3 atom stereocenters. The smallest absolute Gasteiger partial charge is 0.352 e. The first-order valence-corrected chi connectivity index (χ1v) is 8.96. The minimum absolute atomic E-state index is 0.0713. The molecule has 146 valence electrons. The van der Waals surface area contributed by atoms with E-state index in [9.17, 15) is 34.0 Å². The van der Waals surface area contributed by atoms with Gasteiger partial charge in [0.25, 0.3) is 11.8 Å². The van der Waals surface area contributed by atoms with Crippen LogP contribution in [0.3, 0.4) is 0 Å². The molecule has 2 rings (SSSR count). The van der Waals surface area contributed by atoms with Crippen molar-refractivity contribution in [1.82, 2.24) is 10.2 Å². The van der Waals surface area contributed by atoms with Crippen LogP contribution in [0.2, 0.25) is 0 Å². The highest BCUT2D eigenvalue weighted by Crippen LogP contribution is 2.40. The molecule has 12 heteroatoms. The molecule has 2 aliphatic heterocycles. The van der Waals surface area contributed by atoms with Crippen LogP contribution in [0, 0.1) is 4.91 Å². The summed E-state index contributed by atoms with van der Waals surface area (Å²) < 4.78 is 4.81. The summed E-state index contributed by atoms with van der Waals surface area (Å²) in [5.74, 6) is -4.17. The number of carboxylic acid groups (broad SMARTS) is 1. The van der Waals surface area contributed by atoms with E-state index in [0.717, 1.165) is 4.90 Å². The summed E-state index contributed by atoms with van der Waals surface area (Å²) in [7, 11) is 0. The van der Waals surface area contributed by atoms with Gasteiger partial charge in [-0.05, 0) is 5.18 Å². The Morgan fingerprint density at radius 2 is 2.07 bits per heavy atom. The SMILES string of the molecule is CCC(=O)C(N=O)C(=O)N[C@@H]1C(=O)N2C(C(=O)O)=C(COC(C)=O)CS[C@@H]12. The predicted molar refractivity (Wildman–Crippen MR) is 91.2 cm³/mol. The van der Waals surface area contributed by atoms with E-state index in [1.54, 1.807) is 0 Å². The summed E-state index contributed by atoms with van der Waals surface area (Å²) in [6, 6.07) is -2.83. The van der Waals surface area contributed by atoms with Crippen molar-refractivity contribution in [3.05, 3.63) is 16.2 Å². The average molecular weight is 399 g/mol. The number of esters is 1. The van der Waals surface area contributed by atoms with Crippen LogP contribution in [0.4, 0.5) is 0 Å². The van der Waals surface area contributed by atoms with E-state index < -0.39 is 47.0 Å². The number of ether oxygens (including phenoxy) is 1. The number of carbonyl (C=O) groups is 5. The average Bonchev–Trinajstić information content (AvgIpc) is 2.63. The Morgan fingerprint density at radius 1 is 1.41 bits per heavy atom. The monoisotopic (exact) mass is 399 g/mol. The van der Waals surface area contributed by atoms with E-state index in [2.05, 4.69) is 10.5 Å². The summed E-state index contributed by atoms with van der Waals surface area (Å²) in [4.78, 5) is 70.3. The van der Waals surface area contributed by atoms with Gasteiger partial charge in [0.2, 0.25) is 6.04 Å². The molecule has 0 spiro atoms. The molecule has 0 saturated carbocycles. The van der Waals surface area contributed by atoms with Gasteiger partial charge in [-0.3, -0.25) is 24.1 Å². The number of aliphatic carboxylic acids is 1. The quantitative estimate of drug-likeness (QED) is 0.235. The fraction of sp³-hybridized carbons (Fsp3) is 0.533. The Morgan fingerprint density at radius 3 is 2.59 bits per heavy atom. The van der Waals surface area contributed by atoms with Gasteiger partial charge in [-0.25, -0.2) is 4.79 Å². The van der Waals surface area contributed by atoms with Crippen LogP contribution in [0.25, 0.3) is 0 Å². The van der Waals surface area contributed by atoms with Gasteiger partial charge in [0.15, 0.2) is 5.78 Å². The number of rotatable bonds is 8. The third-order valence-electron chi connectivity index (χ3n) is 4.00. The predicted octanol–water partition coefficient (Wildman–Crippen LogP) is -0.598. The number of nitrogens with zero attached hydrogens (tertiary/aromatic N) is 2. The number of Topliss-reactive ketones (excluding diaryl/α,β-unsaturated/α-hetero) is 1. The van der Waals surface area contributed by atoms with E-state index in [4.69, 9.17) is 4.74 Å². The maximum atomic E-state index is 12.4. The second-order valence-electron chi connectivity index (χ2n) is 5.76. The molecule has 1 saturated heterocycles. The maximum absolute atomic E-state index is 12.4. The number of carbonyl (C=O) groups excluding carboxylic acids is 4. The lowest BCUT2D eigenvalue weighted by atomic mass is 10.0. The minimum Gasteiger partial charge on any atom is -0.477 e. The Kier molecular flexibility index (Phi) is 6.31. The molecule has 2 amide bonds. The van der Waals surface area contributed by atoms with Gasteiger partial charge in [0, 0.05) is 24.7 Å². The highest BCUT2D eigenvalue weighted by Gasteiger charge is 2.54. The molecular formula is C15H17N3O8S. The van der Waals surface area contributed by atoms with Crippen molar-refractivity contribution in [2.45, 2.75) is 37.7 Å². The molecule has 2 N–H and O–H groups in total. The van der Waals surface area contributed by atoms with Crippen molar-refractivity contribution >= 4 is 41.3 Å². The van der Waals surface area contributed by atoms with Crippen LogP contribution in [-0.2, 0) is 28.7 Å². The number of nitrogens with one attached hydrogen (secondary N) is 1. The van der Waals surface area contributed by atoms with Crippen LogP contribution in [0.1, 0.15) is 20.3 Å². The number of ketones is 1. The largest absolute Gasteiger partial charge is 0.477 e. The van der Waals surface area contributed by atoms with E-state index in [1.807, 2.05) is 0 Å². The normalized spacial score (nSPS) is 22.3. The molecule has 0 aromatic rings. The molecule has 0 bridgehead atoms. The van der Waals surface area contributed by atoms with E-state index >= 15 is 0 Å². The van der Waals surface area contributed by atoms with Crippen molar-refractivity contribution in [2.24, 2.45) is 5.18 Å². The first-order valence-electron chi connectivity index (χ1n) is 7.91. The first kappa shape index (κ1) is 20.6. The van der Waals surface area contributed by atoms with Crippen LogP contribution in [-0.4, -0.2) is 69.4 Å². The molecule has 0 aromatic heterocycles. The fourth-order valence-corrected chi connectivity index (χ4v) is 3.99. The zero-order valence-corrected chi connectivity index (χ0v) is 15.3. The van der Waals surface area contributed by atoms with E-state index in [1.165, 1.54) is 25.6 Å². The molecular weight excluding hydrogens is 382 g/mol. The van der Waals surface area contributed by atoms with Crippen molar-refractivity contribution < 1.29 is 33.8 Å². The van der Waals surface area contributed by atoms with Crippen LogP contribution in [0.5, 0.6) is 0 Å². The van der Waals surface area contributed by atoms with Gasteiger partial charge in [-0.2, -0.15) is 0 Å². The number of nitroso groups, excluding NO2 is 1. The Balaban J connectivity index is 2.16. The molecule has 27 heavy (non-hydrogen) atoms. The summed E-state index contributed by atoms with van der Waals surface area (Å²) >= 11 is 1.17. The third-order valence-corrected chi connectivity index (χ3v) is 5.34. The second kappa shape index (κ2) is 8.29. The molecule has 2 aliphatic rings. The standard InChI is InChI=1S/C15H17N3O8S/c1-3-8(20)9(17-25)12(21)16-10-13(22)18-11(15(23)24)7(4-26-6(2)19)5-27-14(10)18/h9-10,14H,3-5H2,1-2H3,(H,16,21)(H,23,24)/t9?,10-,14+/m1/s1. The Bertz CT molecular complexity index is 749. The van der Waals surface area contributed by atoms with E-state index in [-0.39, 0.29) is 30.1 Å². The van der Waals surface area contributed by atoms with Crippen LogP contribution < -0.4 is 5.32 Å². The van der Waals surface area contributed by atoms with Gasteiger partial charge in [-0.15, -0.1) is 16.7 Å². The van der Waals surface area contributed by atoms with Crippen LogP contribution in [0.15, 0.2) is 16.4 Å². The fourth-order valence-electron chi connectivity index (χ4n) is 2.66. The molecule has 2 heterocycles. The molecule has 0 radical (unpaired) electrons. The molecule has 1 fully saturated rings. The Hall–Kier alpha value is -2.76. The van der Waals surface area contributed by atoms with Gasteiger partial charge in [0.05, 0.1) is 0 Å². The topological polar surface area (TPSA) is 160 Å². The van der Waals surface area contributed by atoms with Crippen LogP contribution >= 0.6 is 11.8 Å². The summed E-state index contributed by atoms with van der Waals surface area (Å²) in [6.07, 6.45) is -0.0713. The minimum atomic E-state index is -1.75. The summed E-state index contributed by atoms with van der Waals surface area (Å²) in [6.45, 7) is 2.38. The highest BCUT2D eigenvalue weighted by atomic mass is 32.2. The summed E-state index contributed by atoms with van der Waals surface area (Å²) in [5, 5.41) is 13.5. The first-order chi connectivity index (χ1) is 12.7. The number of hydrogen-bond donors (Lipinski definition) is 2. The number of thioether (sulfide) groups is 1. The van der Waals surface area contributed by atoms with Crippen molar-refractivity contribution in [3.8, 4) is 0 Å². The number of β-lactam (4-membered cyclic amide) rings is 1. The number of hydrogen-bond acceptors (Lipinski definition) is 9. The van der Waals surface area contributed by atoms with Crippen molar-refractivity contribution in [3.63, 3.8) is 0 Å². The third kappa shape index (κ3) is 3.99. The van der Waals surface area contributed by atoms with Gasteiger partial charge in [-0.1, -0.05) is 6.92 Å². The van der Waals surface area contributed by atoms with E-state index in [0.29, 0.717) is 0 Å². The van der Waals surface area contributed by atoms with Crippen molar-refractivity contribution in [2.75, 3.05) is 12.4 Å². The van der Waals surface area contributed by atoms with Gasteiger partial charge >= 0.3 is 11.9 Å². The van der Waals surface area contributed by atoms with Crippen molar-refractivity contribution in [1.29, 1.82) is 0 Å². The number of carboxylic acids is 1. The van der Waals surface area contributed by atoms with Gasteiger partial charge < -0.3 is 15.2 Å². The Labute approximate surface area is 157 Å². The zero-order chi connectivity index (χ0) is 20.3. The molecule has 11 nitrogen and oxygen atoms in total. The van der Waals surface area contributed by atoms with Gasteiger partial charge in [0.1, 0.15) is 23.7 Å². The second-order valence-corrected chi connectivity index (χ2v) is 6.87. The molecule has 0 aliphatic carbocycles. The lowest BCUT2D eigenvalue weighted by Gasteiger charge is -2.49. The summed E-state index contributed by atoms with van der Waals surface area (Å²) in [5.41, 5.74) is -0.0455. The highest BCUT2D eigenvalue weighted by molar-refractivity contribution is 8.00. The lowest BCUT2D eigenvalue weighted by molar-refractivity contribution is -0.151. The molecule has 1 unspecified atom stereocenters. The lowest BCUT2D eigenvalue weighted by Crippen LogP contribution is -2.71. The molecule has 0 aromatic carbocycles. The zero-order valence-electron chi connectivity index (χ0n) is 14.5. The number of amides is 2. The maximum Gasteiger partial charge on any atom is 0.352 e.